The van der Waals surface area contributed by atoms with Crippen LogP contribution in [0.3, 0.4) is 0 Å². The van der Waals surface area contributed by atoms with Crippen molar-refractivity contribution in [1.29, 1.82) is 0 Å². The zero-order valence-corrected chi connectivity index (χ0v) is 12.4. The third-order valence-corrected chi connectivity index (χ3v) is 4.00. The maximum absolute atomic E-state index is 11.9. The van der Waals surface area contributed by atoms with Gasteiger partial charge in [0.05, 0.1) is 17.9 Å². The van der Waals surface area contributed by atoms with Gasteiger partial charge in [0.15, 0.2) is 0 Å². The molecule has 3 rings (SSSR count). The molecule has 1 N–H and O–H groups in total. The molecule has 1 aliphatic rings. The van der Waals surface area contributed by atoms with Gasteiger partial charge in [-0.25, -0.2) is 4.98 Å². The summed E-state index contributed by atoms with van der Waals surface area (Å²) in [7, 11) is 0. The Balaban J connectivity index is 1.95. The summed E-state index contributed by atoms with van der Waals surface area (Å²) in [6.45, 7) is 2.68. The van der Waals surface area contributed by atoms with Crippen LogP contribution in [0.25, 0.3) is 5.65 Å². The Hall–Kier alpha value is -2.10. The number of hydrogen-bond donors (Lipinski definition) is 1. The Kier molecular flexibility index (Phi) is 4.04. The second kappa shape index (κ2) is 6.12. The van der Waals surface area contributed by atoms with E-state index < -0.39 is 0 Å². The number of allylic oxidation sites excluding steroid dienone is 2. The molecule has 1 amide bonds. The molecule has 2 aromatic heterocycles. The number of amides is 1. The van der Waals surface area contributed by atoms with Gasteiger partial charge in [-0.15, -0.1) is 0 Å². The van der Waals surface area contributed by atoms with E-state index >= 15 is 0 Å². The summed E-state index contributed by atoms with van der Waals surface area (Å²) in [5.41, 5.74) is 3.18. The molecule has 1 aliphatic heterocycles. The molecule has 2 aromatic rings. The van der Waals surface area contributed by atoms with E-state index in [2.05, 4.69) is 33.8 Å². The molecule has 0 aliphatic carbocycles. The second-order valence-electron chi connectivity index (χ2n) is 5.51. The van der Waals surface area contributed by atoms with Gasteiger partial charge in [0.25, 0.3) is 0 Å². The van der Waals surface area contributed by atoms with Crippen molar-refractivity contribution in [2.24, 2.45) is 0 Å². The summed E-state index contributed by atoms with van der Waals surface area (Å²) in [5.74, 6) is 0.364. The fourth-order valence-electron chi connectivity index (χ4n) is 3.02. The average Bonchev–Trinajstić information content (AvgIpc) is 2.79. The first-order valence-electron chi connectivity index (χ1n) is 7.67. The fraction of sp³-hybridized carbons (Fsp3) is 0.412. The zero-order chi connectivity index (χ0) is 14.7. The van der Waals surface area contributed by atoms with Crippen molar-refractivity contribution in [1.82, 2.24) is 14.7 Å². The first-order valence-corrected chi connectivity index (χ1v) is 7.67. The van der Waals surface area contributed by atoms with Gasteiger partial charge in [-0.3, -0.25) is 4.79 Å². The Morgan fingerprint density at radius 1 is 1.43 bits per heavy atom. The molecule has 4 heteroatoms. The van der Waals surface area contributed by atoms with E-state index in [-0.39, 0.29) is 11.8 Å². The number of carbonyl (C=O) groups excluding carboxylic acids is 1. The van der Waals surface area contributed by atoms with Gasteiger partial charge >= 0.3 is 0 Å². The SMILES string of the molecule is CCC=CCCC1CC(=O)NCc2nc3ccccn3c21. The highest BCUT2D eigenvalue weighted by atomic mass is 16.1. The molecule has 3 heterocycles. The molecule has 110 valence electrons. The van der Waals surface area contributed by atoms with E-state index in [9.17, 15) is 4.79 Å². The zero-order valence-electron chi connectivity index (χ0n) is 12.4. The summed E-state index contributed by atoms with van der Waals surface area (Å²) in [6, 6.07) is 6.03. The Morgan fingerprint density at radius 2 is 2.33 bits per heavy atom. The number of fused-ring (bicyclic) bond motifs is 3. The molecular weight excluding hydrogens is 262 g/mol. The van der Waals surface area contributed by atoms with Gasteiger partial charge in [-0.05, 0) is 31.4 Å². The van der Waals surface area contributed by atoms with E-state index in [1.807, 2.05) is 24.4 Å². The van der Waals surface area contributed by atoms with Crippen LogP contribution in [-0.4, -0.2) is 15.3 Å². The highest BCUT2D eigenvalue weighted by Crippen LogP contribution is 2.31. The predicted molar refractivity (Wildman–Crippen MR) is 83.1 cm³/mol. The van der Waals surface area contributed by atoms with Crippen LogP contribution in [0, 0.1) is 0 Å². The Morgan fingerprint density at radius 3 is 3.19 bits per heavy atom. The molecule has 1 unspecified atom stereocenters. The van der Waals surface area contributed by atoms with E-state index in [1.165, 1.54) is 5.69 Å². The molecule has 4 nitrogen and oxygen atoms in total. The van der Waals surface area contributed by atoms with Crippen molar-refractivity contribution >= 4 is 11.6 Å². The van der Waals surface area contributed by atoms with Crippen LogP contribution < -0.4 is 5.32 Å². The molecule has 0 radical (unpaired) electrons. The van der Waals surface area contributed by atoms with Crippen molar-refractivity contribution in [3.05, 3.63) is 47.9 Å². The van der Waals surface area contributed by atoms with Crippen LogP contribution in [-0.2, 0) is 11.3 Å². The summed E-state index contributed by atoms with van der Waals surface area (Å²) < 4.78 is 2.14. The van der Waals surface area contributed by atoms with E-state index in [4.69, 9.17) is 0 Å². The topological polar surface area (TPSA) is 46.4 Å². The largest absolute Gasteiger partial charge is 0.350 e. The van der Waals surface area contributed by atoms with Gasteiger partial charge in [0.2, 0.25) is 5.91 Å². The second-order valence-corrected chi connectivity index (χ2v) is 5.51. The minimum absolute atomic E-state index is 0.127. The minimum Gasteiger partial charge on any atom is -0.350 e. The number of pyridine rings is 1. The van der Waals surface area contributed by atoms with Crippen LogP contribution in [0.5, 0.6) is 0 Å². The monoisotopic (exact) mass is 283 g/mol. The van der Waals surface area contributed by atoms with Crippen molar-refractivity contribution in [2.75, 3.05) is 0 Å². The normalized spacial score (nSPS) is 18.7. The fourth-order valence-corrected chi connectivity index (χ4v) is 3.02. The lowest BCUT2D eigenvalue weighted by Gasteiger charge is -2.14. The van der Waals surface area contributed by atoms with Crippen molar-refractivity contribution in [3.8, 4) is 0 Å². The van der Waals surface area contributed by atoms with Crippen LogP contribution in [0.15, 0.2) is 36.5 Å². The molecule has 0 saturated carbocycles. The molecule has 0 fully saturated rings. The maximum atomic E-state index is 11.9. The van der Waals surface area contributed by atoms with E-state index in [1.54, 1.807) is 0 Å². The van der Waals surface area contributed by atoms with Gasteiger partial charge < -0.3 is 9.72 Å². The van der Waals surface area contributed by atoms with Gasteiger partial charge in [0.1, 0.15) is 5.65 Å². The van der Waals surface area contributed by atoms with Gasteiger partial charge in [-0.2, -0.15) is 0 Å². The molecular formula is C17H21N3O. The van der Waals surface area contributed by atoms with Gasteiger partial charge in [0, 0.05) is 18.5 Å². The van der Waals surface area contributed by atoms with Crippen molar-refractivity contribution in [2.45, 2.75) is 45.1 Å². The van der Waals surface area contributed by atoms with Crippen LogP contribution in [0.2, 0.25) is 0 Å². The van der Waals surface area contributed by atoms with Crippen LogP contribution in [0.1, 0.15) is 49.9 Å². The summed E-state index contributed by atoms with van der Waals surface area (Å²) in [4.78, 5) is 16.6. The van der Waals surface area contributed by atoms with Gasteiger partial charge in [-0.1, -0.05) is 25.1 Å². The van der Waals surface area contributed by atoms with Crippen LogP contribution in [0.4, 0.5) is 0 Å². The molecule has 0 bridgehead atoms. The smallest absolute Gasteiger partial charge is 0.220 e. The minimum atomic E-state index is 0.127. The van der Waals surface area contributed by atoms with E-state index in [0.717, 1.165) is 30.6 Å². The third kappa shape index (κ3) is 2.84. The standard InChI is InChI=1S/C17H21N3O/c1-2-3-4-5-8-13-11-16(21)18-12-14-17(13)20-10-7-6-9-15(20)19-14/h3-4,6-7,9-10,13H,2,5,8,11-12H2,1H3,(H,18,21). The first kappa shape index (κ1) is 13.9. The van der Waals surface area contributed by atoms with Crippen molar-refractivity contribution < 1.29 is 4.79 Å². The number of aromatic nitrogens is 2. The lowest BCUT2D eigenvalue weighted by Crippen LogP contribution is -2.21. The number of hydrogen-bond acceptors (Lipinski definition) is 2. The number of nitrogens with zero attached hydrogens (tertiary/aromatic N) is 2. The molecule has 1 atom stereocenters. The highest BCUT2D eigenvalue weighted by Gasteiger charge is 2.26. The third-order valence-electron chi connectivity index (χ3n) is 4.00. The lowest BCUT2D eigenvalue weighted by atomic mass is 9.94. The van der Waals surface area contributed by atoms with E-state index in [0.29, 0.717) is 13.0 Å². The predicted octanol–water partition coefficient (Wildman–Crippen LogP) is 3.18. The molecule has 21 heavy (non-hydrogen) atoms. The number of rotatable bonds is 4. The molecule has 0 aromatic carbocycles. The Bertz CT molecular complexity index is 672. The highest BCUT2D eigenvalue weighted by molar-refractivity contribution is 5.77. The lowest BCUT2D eigenvalue weighted by molar-refractivity contribution is -0.121. The quantitative estimate of drug-likeness (QED) is 0.876. The van der Waals surface area contributed by atoms with Crippen LogP contribution >= 0.6 is 0 Å². The van der Waals surface area contributed by atoms with Crippen molar-refractivity contribution in [3.63, 3.8) is 0 Å². The number of nitrogens with one attached hydrogen (secondary N) is 1. The molecule has 0 saturated heterocycles. The summed E-state index contributed by atoms with van der Waals surface area (Å²) in [6.07, 6.45) is 10.1. The average molecular weight is 283 g/mol. The molecule has 0 spiro atoms. The number of carbonyl (C=O) groups is 1. The summed E-state index contributed by atoms with van der Waals surface area (Å²) in [5, 5.41) is 2.96. The Labute approximate surface area is 124 Å². The summed E-state index contributed by atoms with van der Waals surface area (Å²) >= 11 is 0. The first-order chi connectivity index (χ1) is 10.3. The number of imidazole rings is 1. The maximum Gasteiger partial charge on any atom is 0.220 e.